The zero-order valence-corrected chi connectivity index (χ0v) is 12.6. The normalized spacial score (nSPS) is 12.3. The highest BCUT2D eigenvalue weighted by atomic mass is 35.5. The lowest BCUT2D eigenvalue weighted by Gasteiger charge is -2.13. The zero-order valence-electron chi connectivity index (χ0n) is 11.0. The van der Waals surface area contributed by atoms with Crippen LogP contribution in [0.5, 0.6) is 0 Å². The molecule has 11 heteroatoms. The lowest BCUT2D eigenvalue weighted by atomic mass is 10.3. The Balaban J connectivity index is 2.55. The van der Waals surface area contributed by atoms with Crippen molar-refractivity contribution in [2.75, 3.05) is 5.32 Å². The van der Waals surface area contributed by atoms with Gasteiger partial charge in [-0.1, -0.05) is 11.6 Å². The highest BCUT2D eigenvalue weighted by Gasteiger charge is 2.34. The molecule has 1 heterocycles. The minimum absolute atomic E-state index is 0.0353. The van der Waals surface area contributed by atoms with Gasteiger partial charge in [0.15, 0.2) is 5.82 Å². The van der Waals surface area contributed by atoms with Gasteiger partial charge >= 0.3 is 6.18 Å². The molecule has 0 spiro atoms. The first-order valence-corrected chi connectivity index (χ1v) is 7.74. The maximum Gasteiger partial charge on any atom is 0.433 e. The maximum absolute atomic E-state index is 13.1. The molecule has 124 valence electrons. The van der Waals surface area contributed by atoms with Crippen molar-refractivity contribution in [1.82, 2.24) is 4.98 Å². The van der Waals surface area contributed by atoms with Gasteiger partial charge in [0, 0.05) is 5.69 Å². The summed E-state index contributed by atoms with van der Waals surface area (Å²) in [6.07, 6.45) is -4.78. The molecule has 0 atom stereocenters. The van der Waals surface area contributed by atoms with E-state index >= 15 is 0 Å². The average Bonchev–Trinajstić information content (AvgIpc) is 2.40. The van der Waals surface area contributed by atoms with Crippen LogP contribution < -0.4 is 10.5 Å². The number of nitrogens with two attached hydrogens (primary N) is 1. The number of rotatable bonds is 3. The van der Waals surface area contributed by atoms with E-state index < -0.39 is 38.4 Å². The van der Waals surface area contributed by atoms with Crippen LogP contribution in [0.3, 0.4) is 0 Å². The van der Waals surface area contributed by atoms with Crippen molar-refractivity contribution < 1.29 is 26.0 Å². The van der Waals surface area contributed by atoms with Gasteiger partial charge in [0.1, 0.15) is 16.4 Å². The van der Waals surface area contributed by atoms with Gasteiger partial charge in [-0.25, -0.2) is 22.9 Å². The SMILES string of the molecule is NS(=O)(=O)c1ccc(C(F)(F)F)nc1Nc1ccc(F)c(Cl)c1. The molecule has 0 aliphatic heterocycles. The summed E-state index contributed by atoms with van der Waals surface area (Å²) in [6.45, 7) is 0. The van der Waals surface area contributed by atoms with Crippen LogP contribution in [0.2, 0.25) is 5.02 Å². The molecule has 1 aromatic carbocycles. The van der Waals surface area contributed by atoms with Crippen LogP contribution >= 0.6 is 11.6 Å². The molecule has 5 nitrogen and oxygen atoms in total. The van der Waals surface area contributed by atoms with E-state index in [1.807, 2.05) is 0 Å². The van der Waals surface area contributed by atoms with Crippen LogP contribution in [0, 0.1) is 5.82 Å². The number of benzene rings is 1. The first-order chi connectivity index (χ1) is 10.5. The number of sulfonamides is 1. The smallest absolute Gasteiger partial charge is 0.339 e. The number of alkyl halides is 3. The third-order valence-corrected chi connectivity index (χ3v) is 3.87. The molecule has 0 aliphatic rings. The minimum atomic E-state index is -4.78. The number of anilines is 2. The molecule has 0 saturated carbocycles. The summed E-state index contributed by atoms with van der Waals surface area (Å²) in [6, 6.07) is 4.33. The fraction of sp³-hybridized carbons (Fsp3) is 0.0833. The average molecular weight is 370 g/mol. The highest BCUT2D eigenvalue weighted by Crippen LogP contribution is 2.32. The van der Waals surface area contributed by atoms with E-state index in [1.165, 1.54) is 0 Å². The van der Waals surface area contributed by atoms with E-state index in [9.17, 15) is 26.0 Å². The van der Waals surface area contributed by atoms with E-state index in [-0.39, 0.29) is 10.7 Å². The van der Waals surface area contributed by atoms with Crippen LogP contribution in [-0.2, 0) is 16.2 Å². The lowest BCUT2D eigenvalue weighted by molar-refractivity contribution is -0.141. The number of aromatic nitrogens is 1. The van der Waals surface area contributed by atoms with E-state index in [0.29, 0.717) is 12.1 Å². The molecule has 23 heavy (non-hydrogen) atoms. The first kappa shape index (κ1) is 17.4. The van der Waals surface area contributed by atoms with Gasteiger partial charge in [-0.3, -0.25) is 0 Å². The molecule has 2 aromatic rings. The van der Waals surface area contributed by atoms with Crippen LogP contribution in [0.4, 0.5) is 29.1 Å². The summed E-state index contributed by atoms with van der Waals surface area (Å²) in [5.41, 5.74) is -1.28. The van der Waals surface area contributed by atoms with Crippen molar-refractivity contribution in [3.05, 3.63) is 46.9 Å². The predicted octanol–water partition coefficient (Wildman–Crippen LogP) is 3.28. The van der Waals surface area contributed by atoms with E-state index in [2.05, 4.69) is 10.3 Å². The molecule has 0 amide bonds. The first-order valence-electron chi connectivity index (χ1n) is 5.81. The molecule has 3 N–H and O–H groups in total. The molecule has 0 saturated heterocycles. The second kappa shape index (κ2) is 5.95. The molecule has 0 unspecified atom stereocenters. The Bertz CT molecular complexity index is 856. The van der Waals surface area contributed by atoms with Crippen molar-refractivity contribution in [2.45, 2.75) is 11.1 Å². The van der Waals surface area contributed by atoms with Crippen molar-refractivity contribution in [2.24, 2.45) is 5.14 Å². The van der Waals surface area contributed by atoms with Crippen LogP contribution in [0.1, 0.15) is 5.69 Å². The minimum Gasteiger partial charge on any atom is -0.339 e. The second-order valence-corrected chi connectivity index (χ2v) is 6.28. The van der Waals surface area contributed by atoms with Gasteiger partial charge in [-0.05, 0) is 30.3 Å². The summed E-state index contributed by atoms with van der Waals surface area (Å²) >= 11 is 5.56. The molecule has 2 rings (SSSR count). The van der Waals surface area contributed by atoms with Gasteiger partial charge in [0.2, 0.25) is 10.0 Å². The number of pyridine rings is 1. The van der Waals surface area contributed by atoms with E-state index in [4.69, 9.17) is 16.7 Å². The molecule has 0 fully saturated rings. The number of hydrogen-bond donors (Lipinski definition) is 2. The predicted molar refractivity (Wildman–Crippen MR) is 75.3 cm³/mol. The number of nitrogens with one attached hydrogen (secondary N) is 1. The third kappa shape index (κ3) is 4.09. The van der Waals surface area contributed by atoms with Gasteiger partial charge in [0.05, 0.1) is 5.02 Å². The molecule has 1 aromatic heterocycles. The summed E-state index contributed by atoms with van der Waals surface area (Å²) in [5, 5.41) is 6.98. The Labute approximate surface area is 133 Å². The fourth-order valence-corrected chi connectivity index (χ4v) is 2.44. The molecular weight excluding hydrogens is 362 g/mol. The molecule has 0 aliphatic carbocycles. The van der Waals surface area contributed by atoms with Crippen LogP contribution in [0.15, 0.2) is 35.2 Å². The zero-order chi connectivity index (χ0) is 17.4. The second-order valence-electron chi connectivity index (χ2n) is 4.34. The van der Waals surface area contributed by atoms with Crippen molar-refractivity contribution in [3.63, 3.8) is 0 Å². The Morgan fingerprint density at radius 1 is 1.17 bits per heavy atom. The summed E-state index contributed by atoms with van der Waals surface area (Å²) in [7, 11) is -4.33. The number of hydrogen-bond acceptors (Lipinski definition) is 4. The standard InChI is InChI=1S/C12H8ClF4N3O2S/c13-7-5-6(1-2-8(7)14)19-11-9(23(18,21)22)3-4-10(20-11)12(15,16)17/h1-5H,(H,19,20)(H2,18,21,22). The van der Waals surface area contributed by atoms with Crippen molar-refractivity contribution in [3.8, 4) is 0 Å². The van der Waals surface area contributed by atoms with E-state index in [0.717, 1.165) is 18.2 Å². The Morgan fingerprint density at radius 3 is 2.35 bits per heavy atom. The fourth-order valence-electron chi connectivity index (χ4n) is 1.63. The third-order valence-electron chi connectivity index (χ3n) is 2.64. The number of halogens is 5. The number of nitrogens with zero attached hydrogens (tertiary/aromatic N) is 1. The Morgan fingerprint density at radius 2 is 1.83 bits per heavy atom. The molecular formula is C12H8ClF4N3O2S. The highest BCUT2D eigenvalue weighted by molar-refractivity contribution is 7.89. The Kier molecular flexibility index (Phi) is 4.51. The largest absolute Gasteiger partial charge is 0.433 e. The molecule has 0 bridgehead atoms. The van der Waals surface area contributed by atoms with Crippen molar-refractivity contribution in [1.29, 1.82) is 0 Å². The quantitative estimate of drug-likeness (QED) is 0.813. The number of primary sulfonamides is 1. The topological polar surface area (TPSA) is 85.1 Å². The van der Waals surface area contributed by atoms with E-state index in [1.54, 1.807) is 0 Å². The lowest BCUT2D eigenvalue weighted by Crippen LogP contribution is -2.17. The Hall–Kier alpha value is -1.91. The summed E-state index contributed by atoms with van der Waals surface area (Å²) < 4.78 is 74.1. The van der Waals surface area contributed by atoms with Crippen LogP contribution in [-0.4, -0.2) is 13.4 Å². The van der Waals surface area contributed by atoms with Gasteiger partial charge in [0.25, 0.3) is 0 Å². The van der Waals surface area contributed by atoms with Gasteiger partial charge in [-0.15, -0.1) is 0 Å². The molecule has 0 radical (unpaired) electrons. The monoisotopic (exact) mass is 369 g/mol. The maximum atomic E-state index is 13.1. The van der Waals surface area contributed by atoms with Gasteiger partial charge in [-0.2, -0.15) is 13.2 Å². The summed E-state index contributed by atoms with van der Waals surface area (Å²) in [4.78, 5) is 2.58. The summed E-state index contributed by atoms with van der Waals surface area (Å²) in [5.74, 6) is -1.40. The van der Waals surface area contributed by atoms with Gasteiger partial charge < -0.3 is 5.32 Å². The van der Waals surface area contributed by atoms with Crippen LogP contribution in [0.25, 0.3) is 0 Å². The van der Waals surface area contributed by atoms with Crippen molar-refractivity contribution >= 4 is 33.1 Å².